The van der Waals surface area contributed by atoms with Crippen LogP contribution < -0.4 is 15.4 Å². The molecule has 0 saturated carbocycles. The van der Waals surface area contributed by atoms with Gasteiger partial charge in [0.15, 0.2) is 0 Å². The summed E-state index contributed by atoms with van der Waals surface area (Å²) in [6, 6.07) is 23.2. The molecule has 0 aromatic heterocycles. The minimum absolute atomic E-state index is 0.0212. The smallest absolute Gasteiger partial charge is 0.234 e. The number of carbonyl (C=O) groups is 1. The van der Waals surface area contributed by atoms with E-state index in [2.05, 4.69) is 44.5 Å². The number of carbonyl (C=O) groups excluding carboxylic acids is 1. The van der Waals surface area contributed by atoms with Crippen LogP contribution in [0.2, 0.25) is 0 Å². The van der Waals surface area contributed by atoms with Gasteiger partial charge >= 0.3 is 0 Å². The topological polar surface area (TPSA) is 90.5 Å². The van der Waals surface area contributed by atoms with Gasteiger partial charge in [-0.3, -0.25) is 14.4 Å². The number of anilines is 3. The molecule has 2 atom stereocenters. The number of sulfonamides is 1. The minimum atomic E-state index is -3.43. The maximum atomic E-state index is 13.3. The summed E-state index contributed by atoms with van der Waals surface area (Å²) in [6.07, 6.45) is 3.86. The third kappa shape index (κ3) is 5.97. The lowest BCUT2D eigenvalue weighted by molar-refractivity contribution is -0.117. The van der Waals surface area contributed by atoms with Crippen molar-refractivity contribution in [2.45, 2.75) is 44.7 Å². The zero-order valence-corrected chi connectivity index (χ0v) is 21.9. The number of fused-ring (bicyclic) bond motifs is 1. The number of hydrogen-bond acceptors (Lipinski definition) is 5. The van der Waals surface area contributed by atoms with Gasteiger partial charge in [-0.1, -0.05) is 48.9 Å². The monoisotopic (exact) mass is 518 g/mol. The molecule has 2 aliphatic rings. The van der Waals surface area contributed by atoms with Gasteiger partial charge in [0, 0.05) is 23.6 Å². The quantitative estimate of drug-likeness (QED) is 0.357. The highest BCUT2D eigenvalue weighted by molar-refractivity contribution is 7.92. The average Bonchev–Trinajstić information content (AvgIpc) is 3.24. The van der Waals surface area contributed by atoms with E-state index in [0.29, 0.717) is 11.4 Å². The Labute approximate surface area is 219 Å². The van der Waals surface area contributed by atoms with Gasteiger partial charge in [0.05, 0.1) is 17.7 Å². The molecule has 37 heavy (non-hydrogen) atoms. The van der Waals surface area contributed by atoms with Gasteiger partial charge < -0.3 is 10.6 Å². The third-order valence-corrected chi connectivity index (χ3v) is 8.51. The second-order valence-corrected chi connectivity index (χ2v) is 11.9. The van der Waals surface area contributed by atoms with Crippen LogP contribution in [0.1, 0.15) is 54.8 Å². The summed E-state index contributed by atoms with van der Waals surface area (Å²) in [5, 5.41) is 6.59. The largest absolute Gasteiger partial charge is 0.377 e. The lowest BCUT2D eigenvalue weighted by Gasteiger charge is -2.27. The summed E-state index contributed by atoms with van der Waals surface area (Å²) >= 11 is 0. The number of hydrogen-bond donors (Lipinski definition) is 3. The van der Waals surface area contributed by atoms with Crippen molar-refractivity contribution < 1.29 is 13.2 Å². The molecule has 3 aromatic carbocycles. The maximum absolute atomic E-state index is 13.3. The molecule has 3 aromatic rings. The summed E-state index contributed by atoms with van der Waals surface area (Å²) in [5.41, 5.74) is 5.11. The molecule has 0 radical (unpaired) electrons. The highest BCUT2D eigenvalue weighted by Gasteiger charge is 2.38. The van der Waals surface area contributed by atoms with E-state index in [9.17, 15) is 13.2 Å². The van der Waals surface area contributed by atoms with Gasteiger partial charge in [-0.15, -0.1) is 0 Å². The Morgan fingerprint density at radius 2 is 1.65 bits per heavy atom. The lowest BCUT2D eigenvalue weighted by atomic mass is 9.87. The Bertz CT molecular complexity index is 1340. The highest BCUT2D eigenvalue weighted by Crippen LogP contribution is 2.43. The van der Waals surface area contributed by atoms with Crippen molar-refractivity contribution in [3.63, 3.8) is 0 Å². The van der Waals surface area contributed by atoms with Crippen LogP contribution in [-0.2, 0) is 21.4 Å². The van der Waals surface area contributed by atoms with Crippen molar-refractivity contribution in [3.8, 4) is 0 Å². The predicted molar refractivity (Wildman–Crippen MR) is 149 cm³/mol. The van der Waals surface area contributed by atoms with Crippen LogP contribution >= 0.6 is 0 Å². The van der Waals surface area contributed by atoms with E-state index >= 15 is 0 Å². The lowest BCUT2D eigenvalue weighted by Crippen LogP contribution is -2.29. The Kier molecular flexibility index (Phi) is 7.48. The molecule has 2 heterocycles. The molecular weight excluding hydrogens is 484 g/mol. The number of benzene rings is 3. The molecule has 2 aliphatic heterocycles. The predicted octanol–water partition coefficient (Wildman–Crippen LogP) is 5.32. The summed E-state index contributed by atoms with van der Waals surface area (Å²) in [7, 11) is -3.43. The van der Waals surface area contributed by atoms with Crippen LogP contribution in [0.5, 0.6) is 0 Å². The first kappa shape index (κ1) is 25.3. The molecule has 0 aliphatic carbocycles. The molecular formula is C29H34N4O3S. The van der Waals surface area contributed by atoms with Crippen molar-refractivity contribution in [1.29, 1.82) is 0 Å². The van der Waals surface area contributed by atoms with E-state index in [-0.39, 0.29) is 17.7 Å². The standard InChI is InChI=1S/C29H34N4O3S/c1-2-37(35,36)32-24-15-16-26-25(19-24)27(29(34)31-26)28(22-9-5-3-6-10-22)30-23-13-11-21(12-14-23)20-33-17-7-4-8-18-33/h3,5-6,9-16,19,27-28,30,32H,2,4,7-8,17-18,20H2,1H3,(H,31,34). The SMILES string of the molecule is CCS(=O)(=O)Nc1ccc2c(c1)C(C(Nc1ccc(CN3CCCCC3)cc1)c1ccccc1)C(=O)N2. The Hall–Kier alpha value is -3.36. The van der Waals surface area contributed by atoms with Crippen LogP contribution in [0.15, 0.2) is 72.8 Å². The molecule has 1 fully saturated rings. The number of nitrogens with zero attached hydrogens (tertiary/aromatic N) is 1. The van der Waals surface area contributed by atoms with Crippen molar-refractivity contribution in [1.82, 2.24) is 4.90 Å². The van der Waals surface area contributed by atoms with Gasteiger partial charge in [0.25, 0.3) is 0 Å². The molecule has 8 heteroatoms. The second-order valence-electron chi connectivity index (χ2n) is 9.84. The number of likely N-dealkylation sites (tertiary alicyclic amines) is 1. The van der Waals surface area contributed by atoms with E-state index in [4.69, 9.17) is 0 Å². The van der Waals surface area contributed by atoms with E-state index in [1.807, 2.05) is 30.3 Å². The van der Waals surface area contributed by atoms with E-state index in [1.54, 1.807) is 25.1 Å². The number of rotatable bonds is 9. The zero-order chi connectivity index (χ0) is 25.8. The number of piperidine rings is 1. The number of amides is 1. The molecule has 0 spiro atoms. The van der Waals surface area contributed by atoms with Crippen LogP contribution in [0.4, 0.5) is 17.1 Å². The molecule has 1 amide bonds. The first-order chi connectivity index (χ1) is 17.9. The molecule has 2 unspecified atom stereocenters. The van der Waals surface area contributed by atoms with Gasteiger partial charge in [-0.2, -0.15) is 0 Å². The second kappa shape index (κ2) is 10.9. The summed E-state index contributed by atoms with van der Waals surface area (Å²) in [6.45, 7) is 4.86. The van der Waals surface area contributed by atoms with Crippen LogP contribution in [0, 0.1) is 0 Å². The maximum Gasteiger partial charge on any atom is 0.234 e. The van der Waals surface area contributed by atoms with Gasteiger partial charge in [-0.25, -0.2) is 8.42 Å². The van der Waals surface area contributed by atoms with Crippen LogP contribution in [-0.4, -0.2) is 38.1 Å². The van der Waals surface area contributed by atoms with Crippen molar-refractivity contribution >= 4 is 33.0 Å². The molecule has 5 rings (SSSR count). The molecule has 7 nitrogen and oxygen atoms in total. The molecule has 194 valence electrons. The summed E-state index contributed by atoms with van der Waals surface area (Å²) in [4.78, 5) is 15.8. The Morgan fingerprint density at radius 3 is 2.35 bits per heavy atom. The number of nitrogens with one attached hydrogen (secondary N) is 3. The van der Waals surface area contributed by atoms with Crippen LogP contribution in [0.25, 0.3) is 0 Å². The normalized spacial score (nSPS) is 18.6. The Balaban J connectivity index is 1.42. The van der Waals surface area contributed by atoms with Crippen LogP contribution in [0.3, 0.4) is 0 Å². The zero-order valence-electron chi connectivity index (χ0n) is 21.1. The van der Waals surface area contributed by atoms with Crippen molar-refractivity contribution in [2.24, 2.45) is 0 Å². The molecule has 3 N–H and O–H groups in total. The summed E-state index contributed by atoms with van der Waals surface area (Å²) < 4.78 is 26.9. The van der Waals surface area contributed by atoms with Gasteiger partial charge in [0.1, 0.15) is 0 Å². The Morgan fingerprint density at radius 1 is 0.946 bits per heavy atom. The highest BCUT2D eigenvalue weighted by atomic mass is 32.2. The molecule has 1 saturated heterocycles. The van der Waals surface area contributed by atoms with E-state index in [1.165, 1.54) is 24.8 Å². The average molecular weight is 519 g/mol. The fourth-order valence-corrected chi connectivity index (χ4v) is 5.84. The molecule has 0 bridgehead atoms. The summed E-state index contributed by atoms with van der Waals surface area (Å²) in [5.74, 6) is -0.669. The van der Waals surface area contributed by atoms with Gasteiger partial charge in [-0.05, 0) is 79.9 Å². The minimum Gasteiger partial charge on any atom is -0.377 e. The fourth-order valence-electron chi connectivity index (χ4n) is 5.21. The first-order valence-corrected chi connectivity index (χ1v) is 14.6. The third-order valence-electron chi connectivity index (χ3n) is 7.20. The first-order valence-electron chi connectivity index (χ1n) is 13.0. The van der Waals surface area contributed by atoms with Gasteiger partial charge in [0.2, 0.25) is 15.9 Å². The van der Waals surface area contributed by atoms with Crippen molar-refractivity contribution in [3.05, 3.63) is 89.5 Å². The van der Waals surface area contributed by atoms with E-state index < -0.39 is 15.9 Å². The van der Waals surface area contributed by atoms with E-state index in [0.717, 1.165) is 36.4 Å². The van der Waals surface area contributed by atoms with Crippen molar-refractivity contribution in [2.75, 3.05) is 34.2 Å². The fraction of sp³-hybridized carbons (Fsp3) is 0.345.